The Labute approximate surface area is 287 Å². The average Bonchev–Trinajstić information content (AvgIpc) is 3.31. The monoisotopic (exact) mass is 699 g/mol. The Hall–Kier alpha value is -2.88. The summed E-state index contributed by atoms with van der Waals surface area (Å²) in [6.45, 7) is 12.4. The molecule has 3 saturated heterocycles. The standard InChI is InChI=1S/C33H54FN5O10/c1-10-22-33(8)25(39(30(44)49-33)14-12-11-13-37-38-36)19(4)23(40)17(2)16-31(6,45-9)27(20(5)26(42)32(7,34)29(43)47-22)48-28-24(41)21(35)15-18(3)46-28/h17-22,24-25,27-28,41H,10-16,35H2,1-9H3/t17-,18?,19+,20+,21?,22-,24?,25-,27-,28+,31-,32+,33-/m1/s1. The number of ketones is 2. The highest BCUT2D eigenvalue weighted by atomic mass is 19.1. The van der Waals surface area contributed by atoms with E-state index >= 15 is 4.39 Å². The number of aliphatic hydroxyl groups excluding tert-OH is 1. The molecule has 0 aromatic rings. The van der Waals surface area contributed by atoms with Crippen LogP contribution in [-0.2, 0) is 38.1 Å². The van der Waals surface area contributed by atoms with Crippen LogP contribution >= 0.6 is 0 Å². The zero-order valence-electron chi connectivity index (χ0n) is 30.1. The van der Waals surface area contributed by atoms with Crippen LogP contribution in [0.2, 0.25) is 0 Å². The number of alkyl halides is 1. The first kappa shape index (κ1) is 40.5. The summed E-state index contributed by atoms with van der Waals surface area (Å²) in [4.78, 5) is 59.5. The second kappa shape index (κ2) is 16.0. The Morgan fingerprint density at radius 2 is 1.78 bits per heavy atom. The minimum absolute atomic E-state index is 0.0333. The number of halogens is 1. The third kappa shape index (κ3) is 8.20. The number of carbonyl (C=O) groups excluding carboxylic acids is 4. The fourth-order valence-electron chi connectivity index (χ4n) is 7.77. The summed E-state index contributed by atoms with van der Waals surface area (Å²) in [6.07, 6.45) is -5.11. The van der Waals surface area contributed by atoms with Crippen LogP contribution in [0.1, 0.15) is 87.5 Å². The second-order valence-corrected chi connectivity index (χ2v) is 14.4. The number of ether oxygens (including phenoxy) is 5. The van der Waals surface area contributed by atoms with Crippen molar-refractivity contribution in [2.24, 2.45) is 28.6 Å². The molecule has 3 aliphatic rings. The number of rotatable bonds is 9. The zero-order chi connectivity index (χ0) is 37.1. The second-order valence-electron chi connectivity index (χ2n) is 14.4. The molecule has 3 fully saturated rings. The highest BCUT2D eigenvalue weighted by Crippen LogP contribution is 2.43. The molecule has 0 aromatic heterocycles. The van der Waals surface area contributed by atoms with E-state index in [9.17, 15) is 24.3 Å². The van der Waals surface area contributed by atoms with E-state index in [0.29, 0.717) is 19.3 Å². The van der Waals surface area contributed by atoms with Gasteiger partial charge in [0.05, 0.1) is 23.9 Å². The molecule has 3 N–H and O–H groups in total. The number of carbonyl (C=O) groups is 4. The normalized spacial score (nSPS) is 42.5. The highest BCUT2D eigenvalue weighted by Gasteiger charge is 2.61. The maximum Gasteiger partial charge on any atom is 0.410 e. The van der Waals surface area contributed by atoms with Gasteiger partial charge in [-0.15, -0.1) is 0 Å². The third-order valence-corrected chi connectivity index (χ3v) is 10.6. The van der Waals surface area contributed by atoms with Gasteiger partial charge in [-0.1, -0.05) is 32.8 Å². The number of nitrogens with two attached hydrogens (primary N) is 1. The number of hydrogen-bond donors (Lipinski definition) is 2. The van der Waals surface area contributed by atoms with Crippen LogP contribution in [0.3, 0.4) is 0 Å². The number of hydrogen-bond acceptors (Lipinski definition) is 12. The van der Waals surface area contributed by atoms with Crippen LogP contribution < -0.4 is 5.73 Å². The summed E-state index contributed by atoms with van der Waals surface area (Å²) in [5.74, 6) is -5.97. The van der Waals surface area contributed by atoms with Gasteiger partial charge in [0, 0.05) is 48.9 Å². The molecular weight excluding hydrogens is 645 g/mol. The van der Waals surface area contributed by atoms with Crippen molar-refractivity contribution in [3.05, 3.63) is 10.4 Å². The number of fused-ring (bicyclic) bond motifs is 1. The predicted octanol–water partition coefficient (Wildman–Crippen LogP) is 3.77. The number of unbranched alkanes of at least 4 members (excludes halogenated alkanes) is 1. The molecule has 0 aromatic carbocycles. The van der Waals surface area contributed by atoms with E-state index in [1.165, 1.54) is 18.9 Å². The van der Waals surface area contributed by atoms with Crippen molar-refractivity contribution in [2.45, 2.75) is 147 Å². The first-order valence-corrected chi connectivity index (χ1v) is 17.1. The summed E-state index contributed by atoms with van der Waals surface area (Å²) >= 11 is 0. The summed E-state index contributed by atoms with van der Waals surface area (Å²) in [5, 5.41) is 14.4. The van der Waals surface area contributed by atoms with E-state index in [4.69, 9.17) is 34.9 Å². The molecule has 0 aliphatic carbocycles. The number of nitrogens with zero attached hydrogens (tertiary/aromatic N) is 4. The molecule has 1 amide bonds. The molecule has 13 atom stereocenters. The lowest BCUT2D eigenvalue weighted by Crippen LogP contribution is -2.61. The molecule has 3 rings (SSSR count). The lowest BCUT2D eigenvalue weighted by Gasteiger charge is -2.46. The molecule has 3 unspecified atom stereocenters. The Bertz CT molecular complexity index is 1280. The fourth-order valence-corrected chi connectivity index (χ4v) is 7.77. The van der Waals surface area contributed by atoms with Crippen molar-refractivity contribution in [1.29, 1.82) is 0 Å². The summed E-state index contributed by atoms with van der Waals surface area (Å²) < 4.78 is 46.3. The van der Waals surface area contributed by atoms with Crippen LogP contribution in [0.5, 0.6) is 0 Å². The molecule has 278 valence electrons. The van der Waals surface area contributed by atoms with E-state index < -0.39 is 95.3 Å². The smallest absolute Gasteiger partial charge is 0.410 e. The number of amides is 1. The molecule has 16 heteroatoms. The number of methoxy groups -OCH3 is 1. The van der Waals surface area contributed by atoms with Crippen LogP contribution in [0.4, 0.5) is 9.18 Å². The third-order valence-electron chi connectivity index (χ3n) is 10.6. The Balaban J connectivity index is 2.14. The van der Waals surface area contributed by atoms with E-state index in [0.717, 1.165) is 6.92 Å². The van der Waals surface area contributed by atoms with Gasteiger partial charge in [-0.05, 0) is 65.3 Å². The summed E-state index contributed by atoms with van der Waals surface area (Å²) in [6, 6.07) is -1.67. The molecule has 0 radical (unpaired) electrons. The van der Waals surface area contributed by atoms with Gasteiger partial charge in [0.2, 0.25) is 0 Å². The van der Waals surface area contributed by atoms with Gasteiger partial charge in [0.15, 0.2) is 17.7 Å². The van der Waals surface area contributed by atoms with Gasteiger partial charge >= 0.3 is 12.1 Å². The first-order valence-electron chi connectivity index (χ1n) is 17.1. The van der Waals surface area contributed by atoms with E-state index in [2.05, 4.69) is 10.0 Å². The van der Waals surface area contributed by atoms with Crippen LogP contribution in [0.25, 0.3) is 10.4 Å². The van der Waals surface area contributed by atoms with Crippen molar-refractivity contribution in [3.63, 3.8) is 0 Å². The molecule has 3 heterocycles. The molecule has 49 heavy (non-hydrogen) atoms. The summed E-state index contributed by atoms with van der Waals surface area (Å²) in [5.41, 5.74) is 8.50. The fraction of sp³-hybridized carbons (Fsp3) is 0.879. The number of aliphatic hydroxyl groups is 1. The lowest BCUT2D eigenvalue weighted by molar-refractivity contribution is -0.288. The van der Waals surface area contributed by atoms with Crippen LogP contribution in [0.15, 0.2) is 5.11 Å². The van der Waals surface area contributed by atoms with Crippen molar-refractivity contribution in [3.8, 4) is 0 Å². The number of Topliss-reactive ketones (excluding diaryl/α,β-unsaturated/α-hetero) is 2. The molecule has 0 saturated carbocycles. The molecule has 3 aliphatic heterocycles. The molecular formula is C33H54FN5O10. The van der Waals surface area contributed by atoms with E-state index in [1.54, 1.807) is 41.5 Å². The van der Waals surface area contributed by atoms with Gasteiger partial charge in [0.1, 0.15) is 18.0 Å². The Morgan fingerprint density at radius 3 is 2.37 bits per heavy atom. The average molecular weight is 700 g/mol. The van der Waals surface area contributed by atoms with Crippen LogP contribution in [0, 0.1) is 17.8 Å². The lowest BCUT2D eigenvalue weighted by atomic mass is 9.73. The first-order chi connectivity index (χ1) is 22.8. The van der Waals surface area contributed by atoms with Gasteiger partial charge < -0.3 is 39.4 Å². The van der Waals surface area contributed by atoms with Gasteiger partial charge in [-0.3, -0.25) is 9.59 Å². The quantitative estimate of drug-likeness (QED) is 0.0883. The van der Waals surface area contributed by atoms with Gasteiger partial charge in [-0.2, -0.15) is 0 Å². The zero-order valence-corrected chi connectivity index (χ0v) is 30.1. The van der Waals surface area contributed by atoms with Crippen molar-refractivity contribution in [1.82, 2.24) is 4.90 Å². The largest absolute Gasteiger partial charge is 0.455 e. The predicted molar refractivity (Wildman–Crippen MR) is 174 cm³/mol. The Kier molecular flexibility index (Phi) is 13.2. The minimum Gasteiger partial charge on any atom is -0.455 e. The molecule has 15 nitrogen and oxygen atoms in total. The maximum atomic E-state index is 16.6. The maximum absolute atomic E-state index is 16.6. The van der Waals surface area contributed by atoms with E-state index in [1.807, 2.05) is 0 Å². The number of azide groups is 1. The SMILES string of the molecule is CC[C@H]1OC(=O)[C@@](C)(F)C(=O)[C@H](C)[C@@H](O[C@@H]2OC(C)CC(N)C2O)[C@](C)(OC)C[C@@H](C)C(=O)[C@H](C)[C@H]2N(CCCCN=[N+]=[N-])C(=O)O[C@]12C. The van der Waals surface area contributed by atoms with Crippen molar-refractivity contribution >= 4 is 23.6 Å². The van der Waals surface area contributed by atoms with Crippen molar-refractivity contribution in [2.75, 3.05) is 20.2 Å². The number of esters is 1. The van der Waals surface area contributed by atoms with Crippen molar-refractivity contribution < 1.29 is 52.4 Å². The number of cyclic esters (lactones) is 1. The van der Waals surface area contributed by atoms with Crippen LogP contribution in [-0.4, -0.2) is 113 Å². The topological polar surface area (TPSA) is 213 Å². The molecule has 0 spiro atoms. The summed E-state index contributed by atoms with van der Waals surface area (Å²) in [7, 11) is 1.36. The van der Waals surface area contributed by atoms with Gasteiger partial charge in [-0.25, -0.2) is 14.0 Å². The van der Waals surface area contributed by atoms with Gasteiger partial charge in [0.25, 0.3) is 5.67 Å². The van der Waals surface area contributed by atoms with E-state index in [-0.39, 0.29) is 31.7 Å². The minimum atomic E-state index is -3.19. The Morgan fingerprint density at radius 1 is 1.12 bits per heavy atom. The molecule has 0 bridgehead atoms. The highest BCUT2D eigenvalue weighted by molar-refractivity contribution is 6.07.